The molecule has 0 atom stereocenters. The minimum Gasteiger partial charge on any atom is -0.313 e. The van der Waals surface area contributed by atoms with E-state index in [2.05, 4.69) is 9.97 Å². The summed E-state index contributed by atoms with van der Waals surface area (Å²) < 4.78 is 15.1. The van der Waals surface area contributed by atoms with Gasteiger partial charge in [-0.1, -0.05) is 30.3 Å². The van der Waals surface area contributed by atoms with Crippen molar-refractivity contribution in [3.8, 4) is 16.9 Å². The molecule has 0 saturated carbocycles. The highest BCUT2D eigenvalue weighted by Crippen LogP contribution is 2.29. The van der Waals surface area contributed by atoms with Crippen LogP contribution in [0.4, 0.5) is 4.39 Å². The van der Waals surface area contributed by atoms with Crippen LogP contribution >= 0.6 is 0 Å². The summed E-state index contributed by atoms with van der Waals surface area (Å²) in [6.45, 7) is 0. The third-order valence-corrected chi connectivity index (χ3v) is 3.76. The van der Waals surface area contributed by atoms with E-state index in [1.807, 2.05) is 34.9 Å². The van der Waals surface area contributed by atoms with E-state index in [1.165, 1.54) is 18.5 Å². The Kier molecular flexibility index (Phi) is 3.05. The molecule has 0 fully saturated rings. The van der Waals surface area contributed by atoms with Crippen LogP contribution in [-0.4, -0.2) is 14.5 Å². The van der Waals surface area contributed by atoms with Crippen LogP contribution in [0.15, 0.2) is 71.8 Å². The molecule has 23 heavy (non-hydrogen) atoms. The minimum atomic E-state index is -0.308. The lowest BCUT2D eigenvalue weighted by molar-refractivity contribution is 0.627. The Hall–Kier alpha value is -3.21. The molecule has 0 aliphatic carbocycles. The van der Waals surface area contributed by atoms with E-state index >= 15 is 0 Å². The number of benzene rings is 2. The molecule has 1 N–H and O–H groups in total. The van der Waals surface area contributed by atoms with Gasteiger partial charge in [-0.25, -0.2) is 9.37 Å². The fraction of sp³-hybridized carbons (Fsp3) is 0. The quantitative estimate of drug-likeness (QED) is 0.616. The molecule has 0 aliphatic heterocycles. The SMILES string of the molecule is O=c1[nH]cnc2c1cc(-c1ccccc1)n2-c1ccc(F)cc1. The van der Waals surface area contributed by atoms with Crippen LogP contribution < -0.4 is 5.56 Å². The van der Waals surface area contributed by atoms with E-state index < -0.39 is 0 Å². The summed E-state index contributed by atoms with van der Waals surface area (Å²) in [5.74, 6) is -0.308. The number of H-pyrrole nitrogens is 1. The van der Waals surface area contributed by atoms with Crippen molar-refractivity contribution in [2.45, 2.75) is 0 Å². The van der Waals surface area contributed by atoms with E-state index in [9.17, 15) is 9.18 Å². The van der Waals surface area contributed by atoms with Crippen molar-refractivity contribution in [1.82, 2.24) is 14.5 Å². The molecule has 4 nitrogen and oxygen atoms in total. The largest absolute Gasteiger partial charge is 0.313 e. The van der Waals surface area contributed by atoms with Gasteiger partial charge < -0.3 is 4.98 Å². The molecule has 0 amide bonds. The topological polar surface area (TPSA) is 50.7 Å². The number of nitrogens with one attached hydrogen (secondary N) is 1. The summed E-state index contributed by atoms with van der Waals surface area (Å²) in [5, 5.41) is 0.496. The molecule has 2 aromatic heterocycles. The normalized spacial score (nSPS) is 11.0. The molecule has 2 aromatic carbocycles. The van der Waals surface area contributed by atoms with Gasteiger partial charge in [0.15, 0.2) is 5.65 Å². The Morgan fingerprint density at radius 1 is 1.00 bits per heavy atom. The van der Waals surface area contributed by atoms with Gasteiger partial charge in [0.25, 0.3) is 5.56 Å². The number of hydrogen-bond donors (Lipinski definition) is 1. The standard InChI is InChI=1S/C18H12FN3O/c19-13-6-8-14(9-7-13)22-16(12-4-2-1-3-5-12)10-15-17(22)20-11-21-18(15)23/h1-11H,(H,20,21,23). The van der Waals surface area contributed by atoms with Crippen LogP contribution in [0.3, 0.4) is 0 Å². The fourth-order valence-electron chi connectivity index (χ4n) is 2.70. The summed E-state index contributed by atoms with van der Waals surface area (Å²) >= 11 is 0. The van der Waals surface area contributed by atoms with E-state index in [0.717, 1.165) is 16.9 Å². The van der Waals surface area contributed by atoms with Crippen molar-refractivity contribution < 1.29 is 4.39 Å². The second kappa shape index (κ2) is 5.21. The number of nitrogens with zero attached hydrogens (tertiary/aromatic N) is 2. The second-order valence-electron chi connectivity index (χ2n) is 5.18. The molecular formula is C18H12FN3O. The molecule has 4 aromatic rings. The van der Waals surface area contributed by atoms with Crippen LogP contribution in [0.2, 0.25) is 0 Å². The molecular weight excluding hydrogens is 293 g/mol. The molecule has 0 spiro atoms. The first-order valence-electron chi connectivity index (χ1n) is 7.14. The smallest absolute Gasteiger partial charge is 0.260 e. The van der Waals surface area contributed by atoms with E-state index in [-0.39, 0.29) is 11.4 Å². The lowest BCUT2D eigenvalue weighted by Gasteiger charge is -2.10. The zero-order valence-corrected chi connectivity index (χ0v) is 12.0. The third-order valence-electron chi connectivity index (χ3n) is 3.76. The number of aromatic amines is 1. The van der Waals surface area contributed by atoms with Crippen LogP contribution in [0.5, 0.6) is 0 Å². The maximum Gasteiger partial charge on any atom is 0.260 e. The van der Waals surface area contributed by atoms with Gasteiger partial charge in [-0.3, -0.25) is 9.36 Å². The van der Waals surface area contributed by atoms with Gasteiger partial charge in [0.05, 0.1) is 17.4 Å². The van der Waals surface area contributed by atoms with Crippen molar-refractivity contribution in [2.24, 2.45) is 0 Å². The first-order chi connectivity index (χ1) is 11.2. The number of aromatic nitrogens is 3. The van der Waals surface area contributed by atoms with Gasteiger partial charge >= 0.3 is 0 Å². The molecule has 0 unspecified atom stereocenters. The molecule has 2 heterocycles. The zero-order chi connectivity index (χ0) is 15.8. The second-order valence-corrected chi connectivity index (χ2v) is 5.18. The Bertz CT molecular complexity index is 1030. The van der Waals surface area contributed by atoms with E-state index in [0.29, 0.717) is 11.0 Å². The Morgan fingerprint density at radius 2 is 1.74 bits per heavy atom. The summed E-state index contributed by atoms with van der Waals surface area (Å²) in [5.41, 5.74) is 2.87. The van der Waals surface area contributed by atoms with Gasteiger partial charge in [0, 0.05) is 5.69 Å². The van der Waals surface area contributed by atoms with Crippen molar-refractivity contribution in [1.29, 1.82) is 0 Å². The monoisotopic (exact) mass is 305 g/mol. The average Bonchev–Trinajstić information content (AvgIpc) is 2.97. The van der Waals surface area contributed by atoms with E-state index in [1.54, 1.807) is 18.2 Å². The van der Waals surface area contributed by atoms with Crippen molar-refractivity contribution in [2.75, 3.05) is 0 Å². The zero-order valence-electron chi connectivity index (χ0n) is 12.0. The van der Waals surface area contributed by atoms with E-state index in [4.69, 9.17) is 0 Å². The first-order valence-corrected chi connectivity index (χ1v) is 7.14. The number of hydrogen-bond acceptors (Lipinski definition) is 2. The molecule has 0 radical (unpaired) electrons. The highest BCUT2D eigenvalue weighted by atomic mass is 19.1. The third kappa shape index (κ3) is 2.23. The lowest BCUT2D eigenvalue weighted by atomic mass is 10.1. The van der Waals surface area contributed by atoms with Gasteiger partial charge in [-0.2, -0.15) is 0 Å². The van der Waals surface area contributed by atoms with Gasteiger partial charge in [0.2, 0.25) is 0 Å². The summed E-state index contributed by atoms with van der Waals surface area (Å²) in [6, 6.07) is 17.6. The fourth-order valence-corrected chi connectivity index (χ4v) is 2.70. The van der Waals surface area contributed by atoms with Crippen LogP contribution in [0.25, 0.3) is 28.0 Å². The van der Waals surface area contributed by atoms with Gasteiger partial charge in [-0.05, 0) is 35.9 Å². The highest BCUT2D eigenvalue weighted by Gasteiger charge is 2.15. The van der Waals surface area contributed by atoms with Gasteiger partial charge in [-0.15, -0.1) is 0 Å². The highest BCUT2D eigenvalue weighted by molar-refractivity contribution is 5.85. The first kappa shape index (κ1) is 13.5. The number of halogens is 1. The van der Waals surface area contributed by atoms with Crippen LogP contribution in [-0.2, 0) is 0 Å². The predicted octanol–water partition coefficient (Wildman–Crippen LogP) is 3.52. The Labute approximate surface area is 130 Å². The Morgan fingerprint density at radius 3 is 2.48 bits per heavy atom. The predicted molar refractivity (Wildman–Crippen MR) is 87.1 cm³/mol. The van der Waals surface area contributed by atoms with Gasteiger partial charge in [0.1, 0.15) is 5.82 Å². The average molecular weight is 305 g/mol. The van der Waals surface area contributed by atoms with Crippen LogP contribution in [0, 0.1) is 5.82 Å². The maximum absolute atomic E-state index is 13.2. The number of rotatable bonds is 2. The lowest BCUT2D eigenvalue weighted by Crippen LogP contribution is -2.06. The molecule has 0 bridgehead atoms. The molecule has 0 saturated heterocycles. The molecule has 112 valence electrons. The Balaban J connectivity index is 2.09. The summed E-state index contributed by atoms with van der Waals surface area (Å²) in [4.78, 5) is 19.0. The summed E-state index contributed by atoms with van der Waals surface area (Å²) in [6.07, 6.45) is 1.37. The molecule has 0 aliphatic rings. The van der Waals surface area contributed by atoms with Crippen molar-refractivity contribution in [3.05, 3.63) is 83.2 Å². The molecule has 5 heteroatoms. The van der Waals surface area contributed by atoms with Crippen molar-refractivity contribution >= 4 is 11.0 Å². The number of fused-ring (bicyclic) bond motifs is 1. The minimum absolute atomic E-state index is 0.201. The van der Waals surface area contributed by atoms with Crippen molar-refractivity contribution in [3.63, 3.8) is 0 Å². The molecule has 4 rings (SSSR count). The summed E-state index contributed by atoms with van der Waals surface area (Å²) in [7, 11) is 0. The van der Waals surface area contributed by atoms with Crippen LogP contribution in [0.1, 0.15) is 0 Å². The maximum atomic E-state index is 13.2.